The van der Waals surface area contributed by atoms with E-state index in [1.165, 1.54) is 55.2 Å². The quantitative estimate of drug-likeness (QED) is 0.407. The van der Waals surface area contributed by atoms with Gasteiger partial charge in [0.1, 0.15) is 0 Å². The molecule has 148 valence electrons. The highest BCUT2D eigenvalue weighted by atomic mass is 14.3. The molecule has 0 saturated heterocycles. The lowest BCUT2D eigenvalue weighted by Gasteiger charge is -2.28. The molecule has 0 radical (unpaired) electrons. The van der Waals surface area contributed by atoms with Crippen molar-refractivity contribution >= 4 is 0 Å². The fraction of sp³-hybridized carbons (Fsp3) is 0.429. The van der Waals surface area contributed by atoms with Gasteiger partial charge in [0, 0.05) is 0 Å². The van der Waals surface area contributed by atoms with Crippen LogP contribution in [0.25, 0.3) is 11.1 Å². The van der Waals surface area contributed by atoms with Crippen molar-refractivity contribution in [2.45, 2.75) is 71.1 Å². The van der Waals surface area contributed by atoms with Crippen molar-refractivity contribution in [3.05, 3.63) is 84.0 Å². The van der Waals surface area contributed by atoms with Crippen LogP contribution in [0.4, 0.5) is 0 Å². The van der Waals surface area contributed by atoms with E-state index < -0.39 is 0 Å². The van der Waals surface area contributed by atoms with Crippen LogP contribution in [0, 0.1) is 5.92 Å². The number of hydrogen-bond acceptors (Lipinski definition) is 0. The van der Waals surface area contributed by atoms with E-state index in [-0.39, 0.29) is 0 Å². The molecule has 2 aromatic carbocycles. The maximum Gasteiger partial charge on any atom is -0.0162 e. The lowest BCUT2D eigenvalue weighted by molar-refractivity contribution is 0.312. The van der Waals surface area contributed by atoms with Crippen LogP contribution >= 0.6 is 0 Å². The molecule has 1 saturated carbocycles. The third-order valence-electron chi connectivity index (χ3n) is 6.33. The predicted molar refractivity (Wildman–Crippen MR) is 124 cm³/mol. The molecule has 2 aromatic rings. The Balaban J connectivity index is 1.54. The lowest BCUT2D eigenvalue weighted by atomic mass is 9.77. The van der Waals surface area contributed by atoms with Crippen LogP contribution in [0.5, 0.6) is 0 Å². The van der Waals surface area contributed by atoms with Gasteiger partial charge in [0.05, 0.1) is 0 Å². The summed E-state index contributed by atoms with van der Waals surface area (Å²) in [6.45, 7) is 4.21. The summed E-state index contributed by atoms with van der Waals surface area (Å²) in [5, 5.41) is 0. The van der Waals surface area contributed by atoms with Crippen molar-refractivity contribution in [2.75, 3.05) is 0 Å². The Kier molecular flexibility index (Phi) is 8.15. The minimum Gasteiger partial charge on any atom is -0.0917 e. The average molecular weight is 373 g/mol. The molecular weight excluding hydrogens is 336 g/mol. The first kappa shape index (κ1) is 20.6. The third-order valence-corrected chi connectivity index (χ3v) is 6.33. The standard InChI is InChI=1S/C28H36/c1-3-5-7-9-23-11-15-25(16-12-23)27-19-21-28(22-20-27)26-17-13-24(14-18-26)10-8-6-4-2/h3-6,11-12,15-16,19-22,24,26H,7-10,13-14,17-18H2,1-2H3/b5-3+,6-4+. The molecule has 1 fully saturated rings. The van der Waals surface area contributed by atoms with E-state index in [4.69, 9.17) is 0 Å². The zero-order valence-electron chi connectivity index (χ0n) is 17.7. The van der Waals surface area contributed by atoms with Crippen molar-refractivity contribution in [1.29, 1.82) is 0 Å². The highest BCUT2D eigenvalue weighted by molar-refractivity contribution is 5.64. The summed E-state index contributed by atoms with van der Waals surface area (Å²) >= 11 is 0. The monoisotopic (exact) mass is 372 g/mol. The van der Waals surface area contributed by atoms with Gasteiger partial charge in [-0.05, 0) is 99.3 Å². The maximum absolute atomic E-state index is 2.38. The van der Waals surface area contributed by atoms with E-state index in [9.17, 15) is 0 Å². The molecule has 3 rings (SSSR count). The number of rotatable bonds is 8. The second kappa shape index (κ2) is 11.1. The minimum absolute atomic E-state index is 0.765. The van der Waals surface area contributed by atoms with E-state index in [1.54, 1.807) is 5.56 Å². The average Bonchev–Trinajstić information content (AvgIpc) is 2.75. The van der Waals surface area contributed by atoms with Crippen LogP contribution in [0.1, 0.15) is 75.8 Å². The summed E-state index contributed by atoms with van der Waals surface area (Å²) in [7, 11) is 0. The molecule has 1 aliphatic rings. The van der Waals surface area contributed by atoms with Crippen LogP contribution in [-0.2, 0) is 6.42 Å². The first-order chi connectivity index (χ1) is 13.8. The van der Waals surface area contributed by atoms with Crippen molar-refractivity contribution in [2.24, 2.45) is 5.92 Å². The van der Waals surface area contributed by atoms with Crippen LogP contribution in [0.3, 0.4) is 0 Å². The maximum atomic E-state index is 2.38. The molecule has 0 atom stereocenters. The Bertz CT molecular complexity index is 738. The van der Waals surface area contributed by atoms with E-state index in [0.29, 0.717) is 0 Å². The van der Waals surface area contributed by atoms with Crippen LogP contribution < -0.4 is 0 Å². The van der Waals surface area contributed by atoms with E-state index in [0.717, 1.165) is 24.7 Å². The second-order valence-electron chi connectivity index (χ2n) is 8.29. The van der Waals surface area contributed by atoms with Crippen LogP contribution in [0.2, 0.25) is 0 Å². The van der Waals surface area contributed by atoms with Crippen molar-refractivity contribution in [3.8, 4) is 11.1 Å². The van der Waals surface area contributed by atoms with Crippen molar-refractivity contribution in [3.63, 3.8) is 0 Å². The normalized spacial score (nSPS) is 20.2. The summed E-state index contributed by atoms with van der Waals surface area (Å²) in [4.78, 5) is 0. The van der Waals surface area contributed by atoms with Gasteiger partial charge in [-0.1, -0.05) is 72.8 Å². The first-order valence-corrected chi connectivity index (χ1v) is 11.2. The van der Waals surface area contributed by atoms with Crippen LogP contribution in [-0.4, -0.2) is 0 Å². The summed E-state index contributed by atoms with van der Waals surface area (Å²) in [6.07, 6.45) is 19.3. The van der Waals surface area contributed by atoms with Gasteiger partial charge in [-0.25, -0.2) is 0 Å². The topological polar surface area (TPSA) is 0 Å². The molecule has 0 amide bonds. The Morgan fingerprint density at radius 2 is 1.29 bits per heavy atom. The molecule has 0 heterocycles. The van der Waals surface area contributed by atoms with E-state index >= 15 is 0 Å². The number of hydrogen-bond donors (Lipinski definition) is 0. The van der Waals surface area contributed by atoms with Crippen molar-refractivity contribution in [1.82, 2.24) is 0 Å². The molecule has 0 nitrogen and oxygen atoms in total. The number of aryl methyl sites for hydroxylation is 1. The molecule has 0 spiro atoms. The highest BCUT2D eigenvalue weighted by Gasteiger charge is 2.21. The summed E-state index contributed by atoms with van der Waals surface area (Å²) in [5.41, 5.74) is 5.63. The van der Waals surface area contributed by atoms with Gasteiger partial charge in [0.25, 0.3) is 0 Å². The van der Waals surface area contributed by atoms with Gasteiger partial charge in [-0.3, -0.25) is 0 Å². The Morgan fingerprint density at radius 1 is 0.714 bits per heavy atom. The van der Waals surface area contributed by atoms with Crippen LogP contribution in [0.15, 0.2) is 72.8 Å². The Hall–Kier alpha value is -2.08. The van der Waals surface area contributed by atoms with Gasteiger partial charge in [0.15, 0.2) is 0 Å². The van der Waals surface area contributed by atoms with Gasteiger partial charge < -0.3 is 0 Å². The van der Waals surface area contributed by atoms with Gasteiger partial charge in [-0.15, -0.1) is 0 Å². The van der Waals surface area contributed by atoms with Gasteiger partial charge >= 0.3 is 0 Å². The molecule has 28 heavy (non-hydrogen) atoms. The second-order valence-corrected chi connectivity index (χ2v) is 8.29. The third kappa shape index (κ3) is 5.96. The molecule has 0 N–H and O–H groups in total. The number of allylic oxidation sites excluding steroid dienone is 4. The van der Waals surface area contributed by atoms with Gasteiger partial charge in [0.2, 0.25) is 0 Å². The van der Waals surface area contributed by atoms with E-state index in [2.05, 4.69) is 86.7 Å². The highest BCUT2D eigenvalue weighted by Crippen LogP contribution is 2.38. The van der Waals surface area contributed by atoms with E-state index in [1.807, 2.05) is 0 Å². The molecule has 0 unspecified atom stereocenters. The van der Waals surface area contributed by atoms with Gasteiger partial charge in [-0.2, -0.15) is 0 Å². The fourth-order valence-corrected chi connectivity index (χ4v) is 4.51. The molecule has 0 heteroatoms. The smallest absolute Gasteiger partial charge is 0.0162 e. The SMILES string of the molecule is C/C=C/CCc1ccc(-c2ccc(C3CCC(CC/C=C/C)CC3)cc2)cc1. The number of benzene rings is 2. The molecular formula is C28H36. The largest absolute Gasteiger partial charge is 0.0917 e. The summed E-state index contributed by atoms with van der Waals surface area (Å²) in [6, 6.07) is 18.5. The molecule has 0 aliphatic heterocycles. The fourth-order valence-electron chi connectivity index (χ4n) is 4.51. The molecule has 0 aromatic heterocycles. The Morgan fingerprint density at radius 3 is 1.89 bits per heavy atom. The molecule has 0 bridgehead atoms. The van der Waals surface area contributed by atoms with Crippen molar-refractivity contribution < 1.29 is 0 Å². The predicted octanol–water partition coefficient (Wildman–Crippen LogP) is 8.49. The lowest BCUT2D eigenvalue weighted by Crippen LogP contribution is -2.13. The Labute approximate surface area is 172 Å². The first-order valence-electron chi connectivity index (χ1n) is 11.2. The minimum atomic E-state index is 0.765. The zero-order chi connectivity index (χ0) is 19.6. The zero-order valence-corrected chi connectivity index (χ0v) is 17.7. The summed E-state index contributed by atoms with van der Waals surface area (Å²) < 4.78 is 0. The summed E-state index contributed by atoms with van der Waals surface area (Å²) in [5.74, 6) is 1.71. The molecule has 1 aliphatic carbocycles.